The van der Waals surface area contributed by atoms with Crippen LogP contribution in [0.4, 0.5) is 4.39 Å². The second-order valence-corrected chi connectivity index (χ2v) is 6.36. The molecular weight excluding hydrogens is 329 g/mol. The van der Waals surface area contributed by atoms with Crippen molar-refractivity contribution in [1.29, 1.82) is 0 Å². The average Bonchev–Trinajstić information content (AvgIpc) is 2.94. The molecule has 0 aliphatic rings. The monoisotopic (exact) mass is 347 g/mol. The van der Waals surface area contributed by atoms with Gasteiger partial charge in [0.2, 0.25) is 0 Å². The van der Waals surface area contributed by atoms with Crippen LogP contribution in [0.1, 0.15) is 18.2 Å². The van der Waals surface area contributed by atoms with Crippen LogP contribution in [0.15, 0.2) is 34.2 Å². The largest absolute Gasteiger partial charge is 0.494 e. The third-order valence-electron chi connectivity index (χ3n) is 3.74. The van der Waals surface area contributed by atoms with E-state index in [0.29, 0.717) is 28.5 Å². The fourth-order valence-corrected chi connectivity index (χ4v) is 3.55. The van der Waals surface area contributed by atoms with Gasteiger partial charge in [-0.05, 0) is 37.6 Å². The quantitative estimate of drug-likeness (QED) is 0.567. The van der Waals surface area contributed by atoms with Gasteiger partial charge in [-0.25, -0.2) is 9.37 Å². The zero-order valence-corrected chi connectivity index (χ0v) is 14.5. The molecule has 0 amide bonds. The van der Waals surface area contributed by atoms with E-state index in [4.69, 9.17) is 4.74 Å². The summed E-state index contributed by atoms with van der Waals surface area (Å²) < 4.78 is 20.3. The Morgan fingerprint density at radius 2 is 2.17 bits per heavy atom. The van der Waals surface area contributed by atoms with Crippen LogP contribution in [0.5, 0.6) is 5.75 Å². The topological polar surface area (TPSA) is 59.9 Å². The van der Waals surface area contributed by atoms with E-state index in [1.54, 1.807) is 10.6 Å². The number of benzene rings is 1. The molecular formula is C17H18FN3O2S. The summed E-state index contributed by atoms with van der Waals surface area (Å²) in [5, 5.41) is 0.630. The number of halogens is 1. The summed E-state index contributed by atoms with van der Waals surface area (Å²) in [6.45, 7) is 4.32. The van der Waals surface area contributed by atoms with Gasteiger partial charge in [-0.3, -0.25) is 9.36 Å². The molecule has 3 rings (SSSR count). The van der Waals surface area contributed by atoms with Gasteiger partial charge in [0, 0.05) is 18.0 Å². The summed E-state index contributed by atoms with van der Waals surface area (Å²) in [5.74, 6) is 0.340. The number of aryl methyl sites for hydroxylation is 1. The van der Waals surface area contributed by atoms with Crippen LogP contribution < -0.4 is 10.3 Å². The van der Waals surface area contributed by atoms with Crippen LogP contribution in [0, 0.1) is 12.7 Å². The molecule has 0 unspecified atom stereocenters. The number of H-pyrrole nitrogens is 1. The van der Waals surface area contributed by atoms with Gasteiger partial charge in [0.15, 0.2) is 16.7 Å². The van der Waals surface area contributed by atoms with Crippen molar-refractivity contribution in [2.75, 3.05) is 7.11 Å². The van der Waals surface area contributed by atoms with E-state index in [9.17, 15) is 9.18 Å². The molecule has 0 saturated heterocycles. The summed E-state index contributed by atoms with van der Waals surface area (Å²) in [7, 11) is 1.44. The molecule has 0 radical (unpaired) electrons. The number of ether oxygens (including phenoxy) is 1. The number of nitrogens with one attached hydrogen (secondary N) is 1. The molecule has 0 saturated carbocycles. The second kappa shape index (κ2) is 6.68. The van der Waals surface area contributed by atoms with Crippen molar-refractivity contribution in [3.05, 3.63) is 51.7 Å². The predicted molar refractivity (Wildman–Crippen MR) is 93.3 cm³/mol. The Labute approximate surface area is 142 Å². The van der Waals surface area contributed by atoms with Crippen molar-refractivity contribution >= 4 is 22.8 Å². The van der Waals surface area contributed by atoms with E-state index < -0.39 is 5.82 Å². The summed E-state index contributed by atoms with van der Waals surface area (Å²) in [6, 6.07) is 6.71. The molecule has 1 N–H and O–H groups in total. The van der Waals surface area contributed by atoms with Gasteiger partial charge < -0.3 is 9.72 Å². The van der Waals surface area contributed by atoms with Crippen molar-refractivity contribution in [2.24, 2.45) is 0 Å². The molecule has 3 aromatic rings. The van der Waals surface area contributed by atoms with E-state index in [-0.39, 0.29) is 11.3 Å². The lowest BCUT2D eigenvalue weighted by Gasteiger charge is -2.10. The van der Waals surface area contributed by atoms with Crippen LogP contribution in [0.3, 0.4) is 0 Å². The molecule has 24 heavy (non-hydrogen) atoms. The molecule has 0 atom stereocenters. The number of aromatic amines is 1. The van der Waals surface area contributed by atoms with E-state index in [0.717, 1.165) is 11.3 Å². The molecule has 7 heteroatoms. The van der Waals surface area contributed by atoms with E-state index in [2.05, 4.69) is 9.97 Å². The highest BCUT2D eigenvalue weighted by Gasteiger charge is 2.13. The van der Waals surface area contributed by atoms with Gasteiger partial charge >= 0.3 is 0 Å². The summed E-state index contributed by atoms with van der Waals surface area (Å²) in [6.07, 6.45) is 0. The molecule has 0 aliphatic heterocycles. The van der Waals surface area contributed by atoms with Gasteiger partial charge in [0.25, 0.3) is 5.56 Å². The first-order chi connectivity index (χ1) is 11.5. The Bertz CT molecular complexity index is 949. The Balaban J connectivity index is 1.92. The maximum atomic E-state index is 13.8. The lowest BCUT2D eigenvalue weighted by molar-refractivity contribution is 0.386. The molecule has 0 spiro atoms. The zero-order valence-electron chi connectivity index (χ0n) is 13.7. The minimum absolute atomic E-state index is 0.0842. The van der Waals surface area contributed by atoms with Crippen LogP contribution in [0.2, 0.25) is 0 Å². The first-order valence-electron chi connectivity index (χ1n) is 7.58. The van der Waals surface area contributed by atoms with Crippen molar-refractivity contribution in [3.8, 4) is 5.75 Å². The number of aromatic nitrogens is 3. The third kappa shape index (κ3) is 3.03. The van der Waals surface area contributed by atoms with Crippen molar-refractivity contribution in [3.63, 3.8) is 0 Å². The predicted octanol–water partition coefficient (Wildman–Crippen LogP) is 3.49. The normalized spacial score (nSPS) is 11.2. The number of fused-ring (bicyclic) bond motifs is 1. The number of thioether (sulfide) groups is 1. The average molecular weight is 347 g/mol. The van der Waals surface area contributed by atoms with Crippen LogP contribution in [-0.2, 0) is 12.3 Å². The van der Waals surface area contributed by atoms with Crippen molar-refractivity contribution in [2.45, 2.75) is 31.3 Å². The highest BCUT2D eigenvalue weighted by atomic mass is 32.2. The maximum Gasteiger partial charge on any atom is 0.278 e. The van der Waals surface area contributed by atoms with Gasteiger partial charge in [0.05, 0.1) is 12.6 Å². The number of nitrogens with zero attached hydrogens (tertiary/aromatic N) is 2. The van der Waals surface area contributed by atoms with Crippen molar-refractivity contribution < 1.29 is 9.13 Å². The fraction of sp³-hybridized carbons (Fsp3) is 0.294. The first kappa shape index (κ1) is 16.6. The Morgan fingerprint density at radius 1 is 1.38 bits per heavy atom. The Morgan fingerprint density at radius 3 is 2.83 bits per heavy atom. The number of hydrogen-bond donors (Lipinski definition) is 1. The molecule has 1 aromatic carbocycles. The molecule has 126 valence electrons. The lowest BCUT2D eigenvalue weighted by Crippen LogP contribution is -2.22. The standard InChI is InChI=1S/C17H18FN3O2S/c1-4-21-16(22)15-13(7-10(2)19-15)20-17(21)24-9-11-5-6-14(23-3)12(18)8-11/h5-8,19H,4,9H2,1-3H3. The minimum atomic E-state index is -0.395. The van der Waals surface area contributed by atoms with Gasteiger partial charge in [-0.1, -0.05) is 17.8 Å². The summed E-state index contributed by atoms with van der Waals surface area (Å²) in [4.78, 5) is 20.2. The highest BCUT2D eigenvalue weighted by Crippen LogP contribution is 2.25. The summed E-state index contributed by atoms with van der Waals surface area (Å²) >= 11 is 1.42. The number of hydrogen-bond acceptors (Lipinski definition) is 4. The zero-order chi connectivity index (χ0) is 17.3. The molecule has 2 heterocycles. The molecule has 0 fully saturated rings. The maximum absolute atomic E-state index is 13.8. The van der Waals surface area contributed by atoms with Crippen molar-refractivity contribution in [1.82, 2.24) is 14.5 Å². The molecule has 0 bridgehead atoms. The van der Waals surface area contributed by atoms with Gasteiger partial charge in [-0.2, -0.15) is 0 Å². The minimum Gasteiger partial charge on any atom is -0.494 e. The van der Waals surface area contributed by atoms with E-state index in [1.165, 1.54) is 24.9 Å². The smallest absolute Gasteiger partial charge is 0.278 e. The van der Waals surface area contributed by atoms with Gasteiger partial charge in [-0.15, -0.1) is 0 Å². The van der Waals surface area contributed by atoms with Crippen LogP contribution in [-0.4, -0.2) is 21.6 Å². The van der Waals surface area contributed by atoms with E-state index >= 15 is 0 Å². The lowest BCUT2D eigenvalue weighted by atomic mass is 10.2. The van der Waals surface area contributed by atoms with E-state index in [1.807, 2.05) is 26.0 Å². The third-order valence-corrected chi connectivity index (χ3v) is 4.79. The van der Waals surface area contributed by atoms with Gasteiger partial charge in [0.1, 0.15) is 5.52 Å². The highest BCUT2D eigenvalue weighted by molar-refractivity contribution is 7.98. The number of methoxy groups -OCH3 is 1. The number of rotatable bonds is 5. The van der Waals surface area contributed by atoms with Crippen LogP contribution in [0.25, 0.3) is 11.0 Å². The fourth-order valence-electron chi connectivity index (χ4n) is 2.55. The molecule has 2 aromatic heterocycles. The first-order valence-corrected chi connectivity index (χ1v) is 8.57. The van der Waals surface area contributed by atoms with Crippen LogP contribution >= 0.6 is 11.8 Å². The molecule has 0 aliphatic carbocycles. The summed E-state index contributed by atoms with van der Waals surface area (Å²) in [5.41, 5.74) is 2.80. The SMILES string of the molecule is CCn1c(SCc2ccc(OC)c(F)c2)nc2cc(C)[nH]c2c1=O. The Hall–Kier alpha value is -2.28. The Kier molecular flexibility index (Phi) is 4.62. The second-order valence-electron chi connectivity index (χ2n) is 5.41. The molecule has 5 nitrogen and oxygen atoms in total.